The molecule has 7 nitrogen and oxygen atoms in total. The van der Waals surface area contributed by atoms with Crippen LogP contribution in [0.2, 0.25) is 0 Å². The summed E-state index contributed by atoms with van der Waals surface area (Å²) in [6.45, 7) is 0.984. The molecular formula is C29H26N6O. The van der Waals surface area contributed by atoms with Gasteiger partial charge in [0.25, 0.3) is 5.91 Å². The molecule has 1 amide bonds. The molecule has 3 aromatic heterocycles. The number of pyridine rings is 1. The Balaban J connectivity index is 1.48. The highest BCUT2D eigenvalue weighted by Gasteiger charge is 2.12. The normalized spacial score (nSPS) is 14.7. The lowest BCUT2D eigenvalue weighted by Gasteiger charge is -2.13. The van der Waals surface area contributed by atoms with Crippen LogP contribution in [0.5, 0.6) is 0 Å². The van der Waals surface area contributed by atoms with Crippen molar-refractivity contribution in [3.63, 3.8) is 0 Å². The number of hydrogen-bond donors (Lipinski definition) is 2. The minimum absolute atomic E-state index is 0.0169. The summed E-state index contributed by atoms with van der Waals surface area (Å²) in [7, 11) is 0. The van der Waals surface area contributed by atoms with E-state index in [2.05, 4.69) is 25.6 Å². The topological polar surface area (TPSA) is 84.7 Å². The highest BCUT2D eigenvalue weighted by atomic mass is 16.1. The second-order valence-corrected chi connectivity index (χ2v) is 8.03. The van der Waals surface area contributed by atoms with Crippen molar-refractivity contribution < 1.29 is 17.1 Å². The fourth-order valence-corrected chi connectivity index (χ4v) is 3.53. The van der Waals surface area contributed by atoms with Gasteiger partial charge in [-0.05, 0) is 91.9 Å². The van der Waals surface area contributed by atoms with E-state index in [1.54, 1.807) is 31.2 Å². The molecule has 0 aliphatic rings. The Labute approximate surface area is 222 Å². The molecule has 0 saturated heterocycles. The Morgan fingerprint density at radius 2 is 2.00 bits per heavy atom. The van der Waals surface area contributed by atoms with Crippen molar-refractivity contribution in [2.24, 2.45) is 0 Å². The quantitative estimate of drug-likeness (QED) is 0.298. The molecule has 0 aliphatic heterocycles. The number of aromatic nitrogens is 4. The summed E-state index contributed by atoms with van der Waals surface area (Å²) in [6, 6.07) is 11.3. The second kappa shape index (κ2) is 9.84. The first-order valence-electron chi connectivity index (χ1n) is 15.4. The van der Waals surface area contributed by atoms with Gasteiger partial charge in [-0.3, -0.25) is 9.78 Å². The smallest absolute Gasteiger partial charge is 0.255 e. The van der Waals surface area contributed by atoms with Gasteiger partial charge in [-0.1, -0.05) is 6.07 Å². The molecule has 5 rings (SSSR count). The van der Waals surface area contributed by atoms with Crippen LogP contribution in [0.4, 0.5) is 17.3 Å². The Kier molecular flexibility index (Phi) is 3.98. The maximum atomic E-state index is 13.4. The van der Waals surface area contributed by atoms with Crippen LogP contribution >= 0.6 is 0 Å². The zero-order valence-electron chi connectivity index (χ0n) is 28.4. The summed E-state index contributed by atoms with van der Waals surface area (Å²) in [5, 5.41) is 5.63. The zero-order chi connectivity index (χ0) is 32.8. The minimum Gasteiger partial charge on any atom is -0.324 e. The summed E-state index contributed by atoms with van der Waals surface area (Å²) < 4.78 is 73.8. The van der Waals surface area contributed by atoms with Gasteiger partial charge in [-0.25, -0.2) is 9.97 Å². The van der Waals surface area contributed by atoms with Crippen molar-refractivity contribution in [2.45, 2.75) is 20.7 Å². The van der Waals surface area contributed by atoms with Crippen molar-refractivity contribution in [2.75, 3.05) is 10.6 Å². The number of aryl methyl sites for hydroxylation is 3. The van der Waals surface area contributed by atoms with Gasteiger partial charge < -0.3 is 15.2 Å². The minimum atomic E-state index is -2.58. The van der Waals surface area contributed by atoms with E-state index in [-0.39, 0.29) is 46.4 Å². The summed E-state index contributed by atoms with van der Waals surface area (Å²) in [6.07, 6.45) is 0.678. The largest absolute Gasteiger partial charge is 0.324 e. The molecule has 0 atom stereocenters. The summed E-state index contributed by atoms with van der Waals surface area (Å²) in [4.78, 5) is 25.5. The molecule has 5 aromatic rings. The van der Waals surface area contributed by atoms with Crippen LogP contribution in [0.3, 0.4) is 0 Å². The fourth-order valence-electron chi connectivity index (χ4n) is 3.53. The molecule has 0 saturated carbocycles. The van der Waals surface area contributed by atoms with E-state index in [1.165, 1.54) is 35.0 Å². The first-order chi connectivity index (χ1) is 21.1. The van der Waals surface area contributed by atoms with E-state index in [1.807, 2.05) is 6.92 Å². The van der Waals surface area contributed by atoms with Crippen molar-refractivity contribution in [1.29, 1.82) is 0 Å². The maximum Gasteiger partial charge on any atom is 0.255 e. The van der Waals surface area contributed by atoms with Crippen molar-refractivity contribution >= 4 is 23.2 Å². The predicted molar refractivity (Wildman–Crippen MR) is 143 cm³/mol. The number of carbonyl (C=O) groups is 1. The lowest BCUT2D eigenvalue weighted by molar-refractivity contribution is 0.102. The Morgan fingerprint density at radius 1 is 1.08 bits per heavy atom. The van der Waals surface area contributed by atoms with Crippen molar-refractivity contribution in [3.8, 4) is 16.9 Å². The standard InChI is InChI=1S/C29H26N6O/c1-19-9-12-35(18-19)25-14-20(2)13-24(16-25)32-28(36)22-7-6-21(3)27(15-22)34-29-31-11-8-26(33-29)23-5-4-10-30-17-23/h4-18H,1-3H3,(H,32,36)(H,31,33,34)/i3D3,4D,5D,10D,12D,17D,18D. The van der Waals surface area contributed by atoms with E-state index in [0.29, 0.717) is 16.9 Å². The third-order valence-corrected chi connectivity index (χ3v) is 5.18. The van der Waals surface area contributed by atoms with Gasteiger partial charge in [0.2, 0.25) is 5.95 Å². The molecular weight excluding hydrogens is 448 g/mol. The lowest BCUT2D eigenvalue weighted by atomic mass is 10.1. The highest BCUT2D eigenvalue weighted by molar-refractivity contribution is 6.05. The highest BCUT2D eigenvalue weighted by Crippen LogP contribution is 2.24. The van der Waals surface area contributed by atoms with Crippen LogP contribution in [0.25, 0.3) is 16.9 Å². The number of rotatable bonds is 6. The molecule has 0 radical (unpaired) electrons. The Bertz CT molecular complexity index is 1970. The third kappa shape index (κ3) is 5.15. The van der Waals surface area contributed by atoms with Crippen molar-refractivity contribution in [3.05, 3.63) is 114 Å². The number of carbonyl (C=O) groups excluding carboxylic acids is 1. The molecule has 0 unspecified atom stereocenters. The monoisotopic (exact) mass is 483 g/mol. The second-order valence-electron chi connectivity index (χ2n) is 8.03. The number of benzene rings is 2. The average molecular weight is 484 g/mol. The lowest BCUT2D eigenvalue weighted by Crippen LogP contribution is -2.13. The van der Waals surface area contributed by atoms with Gasteiger partial charge in [0.15, 0.2) is 0 Å². The Hall–Kier alpha value is -4.78. The van der Waals surface area contributed by atoms with Crippen LogP contribution < -0.4 is 10.6 Å². The Morgan fingerprint density at radius 3 is 2.83 bits per heavy atom. The number of amides is 1. The summed E-state index contributed by atoms with van der Waals surface area (Å²) >= 11 is 0. The van der Waals surface area contributed by atoms with Crippen LogP contribution in [0.1, 0.15) is 39.4 Å². The van der Waals surface area contributed by atoms with Crippen LogP contribution in [-0.2, 0) is 0 Å². The van der Waals surface area contributed by atoms with Crippen LogP contribution in [0, 0.1) is 20.7 Å². The molecule has 7 heteroatoms. The third-order valence-electron chi connectivity index (χ3n) is 5.18. The molecule has 0 fully saturated rings. The van der Waals surface area contributed by atoms with Gasteiger partial charge in [-0.15, -0.1) is 0 Å². The van der Waals surface area contributed by atoms with Gasteiger partial charge >= 0.3 is 0 Å². The number of nitrogens with one attached hydrogen (secondary N) is 2. The molecule has 2 aromatic carbocycles. The first-order valence-corrected chi connectivity index (χ1v) is 10.9. The molecule has 36 heavy (non-hydrogen) atoms. The summed E-state index contributed by atoms with van der Waals surface area (Å²) in [5.41, 5.74) is 2.34. The first kappa shape index (κ1) is 14.6. The van der Waals surface area contributed by atoms with Gasteiger partial charge in [0, 0.05) is 63.2 Å². The predicted octanol–water partition coefficient (Wildman–Crippen LogP) is 6.25. The SMILES string of the molecule is [2H]c1nc([2H])c(-c2ccnc(Nc3cc(C(=O)Nc4cc(C)cc(-n5c([2H])cc(C)c5[2H])c4)ccc3C([2H])([2H])[2H])n2)c([2H])c1[2H]. The molecule has 2 N–H and O–H groups in total. The number of hydrogen-bond acceptors (Lipinski definition) is 5. The van der Waals surface area contributed by atoms with Gasteiger partial charge in [0.1, 0.15) is 0 Å². The van der Waals surface area contributed by atoms with Gasteiger partial charge in [-0.2, -0.15) is 0 Å². The maximum absolute atomic E-state index is 13.4. The zero-order valence-corrected chi connectivity index (χ0v) is 19.4. The van der Waals surface area contributed by atoms with E-state index in [0.717, 1.165) is 5.56 Å². The number of nitrogens with zero attached hydrogens (tertiary/aromatic N) is 4. The van der Waals surface area contributed by atoms with Crippen molar-refractivity contribution in [1.82, 2.24) is 19.5 Å². The number of anilines is 3. The molecule has 0 aliphatic carbocycles. The molecule has 178 valence electrons. The van der Waals surface area contributed by atoms with Gasteiger partial charge in [0.05, 0.1) is 13.9 Å². The van der Waals surface area contributed by atoms with Crippen LogP contribution in [0.15, 0.2) is 91.5 Å². The molecule has 0 spiro atoms. The molecule has 3 heterocycles. The van der Waals surface area contributed by atoms with E-state index < -0.39 is 37.2 Å². The summed E-state index contributed by atoms with van der Waals surface area (Å²) in [5.74, 6) is -0.650. The fraction of sp³-hybridized carbons (Fsp3) is 0.103. The van der Waals surface area contributed by atoms with E-state index >= 15 is 0 Å². The van der Waals surface area contributed by atoms with E-state index in [9.17, 15) is 4.79 Å². The molecule has 0 bridgehead atoms. The van der Waals surface area contributed by atoms with Crippen LogP contribution in [-0.4, -0.2) is 25.4 Å². The average Bonchev–Trinajstić information content (AvgIpc) is 3.21. The van der Waals surface area contributed by atoms with E-state index in [4.69, 9.17) is 12.3 Å².